The Hall–Kier alpha value is -2.30. The van der Waals surface area contributed by atoms with Crippen molar-refractivity contribution in [3.05, 3.63) is 36.3 Å². The van der Waals surface area contributed by atoms with Crippen LogP contribution < -0.4 is 11.1 Å². The first-order valence-corrected chi connectivity index (χ1v) is 6.40. The zero-order valence-corrected chi connectivity index (χ0v) is 10.6. The number of aromatic nitrogens is 2. The van der Waals surface area contributed by atoms with Gasteiger partial charge in [-0.05, 0) is 12.0 Å². The third-order valence-corrected chi connectivity index (χ3v) is 3.43. The number of nitrogens with two attached hydrogens (primary N) is 1. The highest BCUT2D eigenvalue weighted by Gasteiger charge is 2.17. The van der Waals surface area contributed by atoms with Gasteiger partial charge in [-0.15, -0.1) is 0 Å². The Balaban J connectivity index is 1.97. The third kappa shape index (κ3) is 2.19. The maximum absolute atomic E-state index is 10.9. The van der Waals surface area contributed by atoms with Gasteiger partial charge in [0.1, 0.15) is 0 Å². The molecule has 3 N–H and O–H groups in total. The van der Waals surface area contributed by atoms with Crippen molar-refractivity contribution in [3.8, 4) is 11.3 Å². The van der Waals surface area contributed by atoms with Gasteiger partial charge in [0.15, 0.2) is 0 Å². The van der Waals surface area contributed by atoms with Gasteiger partial charge < -0.3 is 15.6 Å². The fourth-order valence-corrected chi connectivity index (χ4v) is 2.51. The van der Waals surface area contributed by atoms with Crippen LogP contribution in [-0.2, 0) is 17.8 Å². The predicted molar refractivity (Wildman–Crippen MR) is 73.7 cm³/mol. The van der Waals surface area contributed by atoms with Crippen LogP contribution in [0.2, 0.25) is 0 Å². The molecule has 1 aliphatic rings. The zero-order chi connectivity index (χ0) is 13.2. The molecule has 1 amide bonds. The molecule has 2 aromatic rings. The van der Waals surface area contributed by atoms with Crippen LogP contribution in [0.25, 0.3) is 11.3 Å². The Bertz CT molecular complexity index is 618. The van der Waals surface area contributed by atoms with Crippen molar-refractivity contribution in [1.29, 1.82) is 0 Å². The van der Waals surface area contributed by atoms with Gasteiger partial charge in [0, 0.05) is 30.8 Å². The minimum atomic E-state index is -0.295. The van der Waals surface area contributed by atoms with E-state index in [0.717, 1.165) is 24.2 Å². The molecule has 1 aromatic carbocycles. The summed E-state index contributed by atoms with van der Waals surface area (Å²) in [6.45, 7) is 1.54. The van der Waals surface area contributed by atoms with E-state index in [1.165, 1.54) is 11.3 Å². The molecule has 1 aliphatic heterocycles. The standard InChI is InChI=1S/C14H16N4O/c15-13(19)5-7-18-9-16-8-12(18)11-3-1-2-10-4-6-17-14(10)11/h1-3,8-9,17H,4-7H2,(H2,15,19). The molecular formula is C14H16N4O. The maximum atomic E-state index is 10.9. The molecule has 0 bridgehead atoms. The number of nitrogens with zero attached hydrogens (tertiary/aromatic N) is 2. The molecule has 0 radical (unpaired) electrons. The van der Waals surface area contributed by atoms with Crippen LogP contribution >= 0.6 is 0 Å². The largest absolute Gasteiger partial charge is 0.384 e. The molecule has 5 heteroatoms. The molecule has 0 saturated carbocycles. The number of carbonyl (C=O) groups is 1. The maximum Gasteiger partial charge on any atom is 0.219 e. The molecule has 2 heterocycles. The van der Waals surface area contributed by atoms with E-state index in [-0.39, 0.29) is 5.91 Å². The lowest BCUT2D eigenvalue weighted by Crippen LogP contribution is -2.14. The van der Waals surface area contributed by atoms with Crippen molar-refractivity contribution in [2.75, 3.05) is 11.9 Å². The number of hydrogen-bond acceptors (Lipinski definition) is 3. The van der Waals surface area contributed by atoms with E-state index in [4.69, 9.17) is 5.73 Å². The summed E-state index contributed by atoms with van der Waals surface area (Å²) in [6, 6.07) is 6.28. The fourth-order valence-electron chi connectivity index (χ4n) is 2.51. The van der Waals surface area contributed by atoms with Crippen LogP contribution in [0.1, 0.15) is 12.0 Å². The van der Waals surface area contributed by atoms with E-state index in [1.807, 2.05) is 10.8 Å². The summed E-state index contributed by atoms with van der Waals surface area (Å²) in [4.78, 5) is 15.1. The van der Waals surface area contributed by atoms with Crippen molar-refractivity contribution in [3.63, 3.8) is 0 Å². The van der Waals surface area contributed by atoms with E-state index >= 15 is 0 Å². The number of hydrogen-bond donors (Lipinski definition) is 2. The Kier molecular flexibility index (Phi) is 2.95. The van der Waals surface area contributed by atoms with Crippen LogP contribution in [-0.4, -0.2) is 22.0 Å². The van der Waals surface area contributed by atoms with Crippen LogP contribution in [0.3, 0.4) is 0 Å². The van der Waals surface area contributed by atoms with Crippen molar-refractivity contribution in [1.82, 2.24) is 9.55 Å². The molecule has 0 fully saturated rings. The lowest BCUT2D eigenvalue weighted by Gasteiger charge is -2.11. The number of carbonyl (C=O) groups excluding carboxylic acids is 1. The summed E-state index contributed by atoms with van der Waals surface area (Å²) in [6.07, 6.45) is 4.95. The molecule has 0 atom stereocenters. The quantitative estimate of drug-likeness (QED) is 0.868. The Labute approximate surface area is 111 Å². The number of primary amides is 1. The molecule has 0 unspecified atom stereocenters. The predicted octanol–water partition coefficient (Wildman–Crippen LogP) is 1.39. The first-order chi connectivity index (χ1) is 9.25. The van der Waals surface area contributed by atoms with Crippen LogP contribution in [0.15, 0.2) is 30.7 Å². The number of amides is 1. The van der Waals surface area contributed by atoms with Crippen molar-refractivity contribution < 1.29 is 4.79 Å². The molecular weight excluding hydrogens is 240 g/mol. The van der Waals surface area contributed by atoms with E-state index < -0.39 is 0 Å². The van der Waals surface area contributed by atoms with E-state index in [2.05, 4.69) is 28.5 Å². The topological polar surface area (TPSA) is 72.9 Å². The second-order valence-electron chi connectivity index (χ2n) is 4.71. The van der Waals surface area contributed by atoms with Gasteiger partial charge in [-0.2, -0.15) is 0 Å². The molecule has 1 aromatic heterocycles. The van der Waals surface area contributed by atoms with E-state index in [9.17, 15) is 4.79 Å². The Morgan fingerprint density at radius 1 is 1.47 bits per heavy atom. The summed E-state index contributed by atoms with van der Waals surface area (Å²) in [5.74, 6) is -0.295. The summed E-state index contributed by atoms with van der Waals surface area (Å²) in [7, 11) is 0. The third-order valence-electron chi connectivity index (χ3n) is 3.43. The second kappa shape index (κ2) is 4.76. The highest BCUT2D eigenvalue weighted by atomic mass is 16.1. The molecule has 98 valence electrons. The van der Waals surface area contributed by atoms with Crippen LogP contribution in [0.4, 0.5) is 5.69 Å². The van der Waals surface area contributed by atoms with Gasteiger partial charge in [-0.3, -0.25) is 4.79 Å². The fraction of sp³-hybridized carbons (Fsp3) is 0.286. The normalized spacial score (nSPS) is 13.1. The summed E-state index contributed by atoms with van der Waals surface area (Å²) >= 11 is 0. The number of benzene rings is 1. The number of rotatable bonds is 4. The number of nitrogens with one attached hydrogen (secondary N) is 1. The number of anilines is 1. The smallest absolute Gasteiger partial charge is 0.219 e. The highest BCUT2D eigenvalue weighted by Crippen LogP contribution is 2.34. The summed E-state index contributed by atoms with van der Waals surface area (Å²) < 4.78 is 1.97. The van der Waals surface area contributed by atoms with Gasteiger partial charge in [0.25, 0.3) is 0 Å². The lowest BCUT2D eigenvalue weighted by atomic mass is 10.1. The second-order valence-corrected chi connectivity index (χ2v) is 4.71. The monoisotopic (exact) mass is 256 g/mol. The number of aryl methyl sites for hydroxylation is 1. The number of imidazole rings is 1. The Morgan fingerprint density at radius 3 is 3.21 bits per heavy atom. The van der Waals surface area contributed by atoms with Crippen LogP contribution in [0.5, 0.6) is 0 Å². The molecule has 0 spiro atoms. The molecule has 3 rings (SSSR count). The summed E-state index contributed by atoms with van der Waals surface area (Å²) in [5.41, 5.74) is 9.88. The number of fused-ring (bicyclic) bond motifs is 1. The van der Waals surface area contributed by atoms with Gasteiger partial charge in [-0.25, -0.2) is 4.98 Å². The Morgan fingerprint density at radius 2 is 2.37 bits per heavy atom. The van der Waals surface area contributed by atoms with Crippen molar-refractivity contribution in [2.24, 2.45) is 5.73 Å². The first-order valence-electron chi connectivity index (χ1n) is 6.40. The lowest BCUT2D eigenvalue weighted by molar-refractivity contribution is -0.118. The number of para-hydroxylation sites is 1. The van der Waals surface area contributed by atoms with Gasteiger partial charge in [0.2, 0.25) is 5.91 Å². The van der Waals surface area contributed by atoms with E-state index in [0.29, 0.717) is 13.0 Å². The molecule has 5 nitrogen and oxygen atoms in total. The zero-order valence-electron chi connectivity index (χ0n) is 10.6. The van der Waals surface area contributed by atoms with Gasteiger partial charge >= 0.3 is 0 Å². The highest BCUT2D eigenvalue weighted by molar-refractivity contribution is 5.80. The minimum absolute atomic E-state index is 0.295. The molecule has 0 saturated heterocycles. The average Bonchev–Trinajstić information content (AvgIpc) is 3.04. The minimum Gasteiger partial charge on any atom is -0.384 e. The molecule has 0 aliphatic carbocycles. The van der Waals surface area contributed by atoms with Gasteiger partial charge in [0.05, 0.1) is 18.2 Å². The van der Waals surface area contributed by atoms with Crippen molar-refractivity contribution in [2.45, 2.75) is 19.4 Å². The van der Waals surface area contributed by atoms with Gasteiger partial charge in [-0.1, -0.05) is 18.2 Å². The molecule has 19 heavy (non-hydrogen) atoms. The SMILES string of the molecule is NC(=O)CCn1cncc1-c1cccc2c1NCC2. The van der Waals surface area contributed by atoms with Crippen molar-refractivity contribution >= 4 is 11.6 Å². The first kappa shape index (κ1) is 11.8. The van der Waals surface area contributed by atoms with Crippen LogP contribution in [0, 0.1) is 0 Å². The average molecular weight is 256 g/mol. The van der Waals surface area contributed by atoms with E-state index in [1.54, 1.807) is 6.33 Å². The summed E-state index contributed by atoms with van der Waals surface area (Å²) in [5, 5.41) is 3.42.